The first-order valence-corrected chi connectivity index (χ1v) is 15.1. The Morgan fingerprint density at radius 2 is 1.47 bits per heavy atom. The molecule has 36 heavy (non-hydrogen) atoms. The number of ether oxygens (including phenoxy) is 4. The van der Waals surface area contributed by atoms with E-state index in [1.807, 2.05) is 19.2 Å². The van der Waals surface area contributed by atoms with E-state index in [2.05, 4.69) is 48.9 Å². The highest BCUT2D eigenvalue weighted by atomic mass is 33.1. The Hall–Kier alpha value is -0.850. The molecule has 1 aromatic carbocycles. The first-order chi connectivity index (χ1) is 17.5. The molecule has 3 N–H and O–H groups in total. The smallest absolute Gasteiger partial charge is 0.224 e. The topological polar surface area (TPSA) is 90.1 Å². The maximum absolute atomic E-state index is 12.2. The van der Waals surface area contributed by atoms with Crippen LogP contribution in [0, 0.1) is 0 Å². The van der Waals surface area contributed by atoms with Crippen molar-refractivity contribution >= 4 is 27.5 Å². The van der Waals surface area contributed by atoms with E-state index in [0.717, 1.165) is 43.0 Å². The molecular weight excluding hydrogens is 498 g/mol. The number of nitrogens with one attached hydrogen (secondary N) is 3. The molecule has 1 rings (SSSR count). The monoisotopic (exact) mass is 545 g/mol. The Labute approximate surface area is 226 Å². The zero-order valence-electron chi connectivity index (χ0n) is 22.5. The van der Waals surface area contributed by atoms with Crippen molar-refractivity contribution in [1.82, 2.24) is 16.0 Å². The van der Waals surface area contributed by atoms with Crippen LogP contribution in [0.4, 0.5) is 0 Å². The maximum atomic E-state index is 12.2. The highest BCUT2D eigenvalue weighted by Crippen LogP contribution is 2.34. The quantitative estimate of drug-likeness (QED) is 0.103. The van der Waals surface area contributed by atoms with E-state index in [0.29, 0.717) is 58.6 Å². The van der Waals surface area contributed by atoms with Crippen LogP contribution in [0.5, 0.6) is 0 Å². The first-order valence-electron chi connectivity index (χ1n) is 12.9. The lowest BCUT2D eigenvalue weighted by atomic mass is 10.1. The molecule has 0 heterocycles. The summed E-state index contributed by atoms with van der Waals surface area (Å²) < 4.78 is 22.3. The highest BCUT2D eigenvalue weighted by Gasteiger charge is 2.06. The Bertz CT molecular complexity index is 653. The summed E-state index contributed by atoms with van der Waals surface area (Å²) in [6, 6.07) is 8.59. The Morgan fingerprint density at radius 3 is 2.11 bits per heavy atom. The number of benzene rings is 1. The van der Waals surface area contributed by atoms with E-state index in [4.69, 9.17) is 18.9 Å². The molecule has 0 saturated heterocycles. The van der Waals surface area contributed by atoms with Crippen molar-refractivity contribution in [2.45, 2.75) is 56.4 Å². The predicted molar refractivity (Wildman–Crippen MR) is 151 cm³/mol. The molecule has 0 aliphatic heterocycles. The van der Waals surface area contributed by atoms with Crippen LogP contribution in [-0.4, -0.2) is 90.3 Å². The van der Waals surface area contributed by atoms with Crippen molar-refractivity contribution in [2.75, 3.05) is 72.9 Å². The van der Waals surface area contributed by atoms with Crippen LogP contribution >= 0.6 is 21.6 Å². The average molecular weight is 546 g/mol. The summed E-state index contributed by atoms with van der Waals surface area (Å²) in [4.78, 5) is 13.3. The molecule has 0 fully saturated rings. The molecule has 0 aliphatic rings. The van der Waals surface area contributed by atoms with Gasteiger partial charge in [0.1, 0.15) is 5.44 Å². The van der Waals surface area contributed by atoms with Gasteiger partial charge in [-0.3, -0.25) is 4.79 Å². The summed E-state index contributed by atoms with van der Waals surface area (Å²) in [5.41, 5.74) is 1.13. The van der Waals surface area contributed by atoms with Gasteiger partial charge in [0, 0.05) is 30.6 Å². The minimum atomic E-state index is -0.00553. The third-order valence-corrected chi connectivity index (χ3v) is 7.50. The maximum Gasteiger partial charge on any atom is 0.224 e. The van der Waals surface area contributed by atoms with Crippen LogP contribution in [0.1, 0.15) is 39.2 Å². The molecule has 0 spiro atoms. The van der Waals surface area contributed by atoms with Gasteiger partial charge in [-0.15, -0.1) is 0 Å². The molecule has 10 heteroatoms. The molecule has 1 aromatic rings. The van der Waals surface area contributed by atoms with Gasteiger partial charge < -0.3 is 34.9 Å². The summed E-state index contributed by atoms with van der Waals surface area (Å²) >= 11 is 0. The zero-order valence-corrected chi connectivity index (χ0v) is 24.1. The molecule has 8 nitrogen and oxygen atoms in total. The summed E-state index contributed by atoms with van der Waals surface area (Å²) in [7, 11) is 5.37. The second-order valence-electron chi connectivity index (χ2n) is 8.55. The molecular formula is C26H47N3O5S2. The van der Waals surface area contributed by atoms with E-state index in [1.165, 1.54) is 0 Å². The zero-order chi connectivity index (χ0) is 26.3. The normalized spacial score (nSPS) is 12.2. The molecule has 0 bridgehead atoms. The van der Waals surface area contributed by atoms with Gasteiger partial charge in [-0.2, -0.15) is 0 Å². The number of carbonyl (C=O) groups excluding carboxylic acids is 1. The van der Waals surface area contributed by atoms with Gasteiger partial charge in [-0.1, -0.05) is 47.6 Å². The number of carbonyl (C=O) groups is 1. The number of hydrogen-bond acceptors (Lipinski definition) is 9. The third kappa shape index (κ3) is 20.2. The number of rotatable bonds is 24. The first kappa shape index (κ1) is 33.2. The van der Waals surface area contributed by atoms with Gasteiger partial charge in [0.05, 0.1) is 46.1 Å². The molecule has 1 atom stereocenters. The number of unbranched alkanes of at least 4 members (excludes halogenated alkanes) is 1. The van der Waals surface area contributed by atoms with Crippen molar-refractivity contribution in [3.63, 3.8) is 0 Å². The Kier molecular flexibility index (Phi) is 21.5. The van der Waals surface area contributed by atoms with Crippen molar-refractivity contribution < 1.29 is 23.7 Å². The van der Waals surface area contributed by atoms with Crippen molar-refractivity contribution in [3.8, 4) is 0 Å². The van der Waals surface area contributed by atoms with Crippen molar-refractivity contribution in [3.05, 3.63) is 29.8 Å². The van der Waals surface area contributed by atoms with Gasteiger partial charge >= 0.3 is 0 Å². The molecule has 1 amide bonds. The van der Waals surface area contributed by atoms with E-state index in [9.17, 15) is 4.79 Å². The van der Waals surface area contributed by atoms with E-state index < -0.39 is 0 Å². The van der Waals surface area contributed by atoms with Crippen LogP contribution < -0.4 is 16.0 Å². The average Bonchev–Trinajstić information content (AvgIpc) is 2.86. The van der Waals surface area contributed by atoms with Crippen LogP contribution in [0.15, 0.2) is 29.2 Å². The van der Waals surface area contributed by atoms with Crippen molar-refractivity contribution in [1.29, 1.82) is 0 Å². The lowest BCUT2D eigenvalue weighted by molar-refractivity contribution is -0.120. The van der Waals surface area contributed by atoms with Gasteiger partial charge in [0.15, 0.2) is 0 Å². The molecule has 0 aromatic heterocycles. The standard InChI is InChI=1S/C26H47N3O5S2/c1-22(2)28-12-15-31-17-19-33-20-18-32-16-13-29-26(30)21-24-7-9-25(10-8-24)36-35-23(3)34-14-6-5-11-27-4/h7-10,22-23,27-28H,5-6,11-21H2,1-4H3,(H,29,30). The minimum Gasteiger partial charge on any atom is -0.378 e. The fraction of sp³-hybridized carbons (Fsp3) is 0.731. The Morgan fingerprint density at radius 1 is 0.833 bits per heavy atom. The summed E-state index contributed by atoms with van der Waals surface area (Å²) in [6.07, 6.45) is 2.56. The van der Waals surface area contributed by atoms with Gasteiger partial charge in [0.25, 0.3) is 0 Å². The third-order valence-electron chi connectivity index (χ3n) is 4.85. The largest absolute Gasteiger partial charge is 0.378 e. The van der Waals surface area contributed by atoms with Gasteiger partial charge in [-0.25, -0.2) is 0 Å². The van der Waals surface area contributed by atoms with E-state index >= 15 is 0 Å². The fourth-order valence-corrected chi connectivity index (χ4v) is 4.82. The van der Waals surface area contributed by atoms with Crippen molar-refractivity contribution in [2.24, 2.45) is 0 Å². The van der Waals surface area contributed by atoms with Crippen LogP contribution in [0.2, 0.25) is 0 Å². The number of hydrogen-bond donors (Lipinski definition) is 3. The SMILES string of the molecule is CNCCCCOC(C)SSc1ccc(CC(=O)NCCOCCOCCOCCNC(C)C)cc1. The Balaban J connectivity index is 1.99. The molecule has 0 radical (unpaired) electrons. The second kappa shape index (κ2) is 23.3. The molecule has 0 aliphatic carbocycles. The van der Waals surface area contributed by atoms with Crippen LogP contribution in [0.3, 0.4) is 0 Å². The van der Waals surface area contributed by atoms with Crippen LogP contribution in [0.25, 0.3) is 0 Å². The summed E-state index contributed by atoms with van der Waals surface area (Å²) in [5, 5.41) is 9.34. The van der Waals surface area contributed by atoms with Gasteiger partial charge in [-0.05, 0) is 51.1 Å². The summed E-state index contributed by atoms with van der Waals surface area (Å²) in [5.74, 6) is -0.00553. The fourth-order valence-electron chi connectivity index (χ4n) is 2.94. The van der Waals surface area contributed by atoms with E-state index in [-0.39, 0.29) is 11.3 Å². The molecule has 0 saturated carbocycles. The van der Waals surface area contributed by atoms with Gasteiger partial charge in [0.2, 0.25) is 5.91 Å². The second-order valence-corrected chi connectivity index (χ2v) is 11.1. The molecule has 208 valence electrons. The predicted octanol–water partition coefficient (Wildman–Crippen LogP) is 3.50. The minimum absolute atomic E-state index is 0.00553. The lowest BCUT2D eigenvalue weighted by Gasteiger charge is -2.12. The number of amides is 1. The molecule has 1 unspecified atom stereocenters. The van der Waals surface area contributed by atoms with E-state index in [1.54, 1.807) is 21.6 Å². The van der Waals surface area contributed by atoms with Crippen LogP contribution in [-0.2, 0) is 30.2 Å². The summed E-state index contributed by atoms with van der Waals surface area (Å²) in [6.45, 7) is 12.8. The lowest BCUT2D eigenvalue weighted by Crippen LogP contribution is -2.29. The highest BCUT2D eigenvalue weighted by molar-refractivity contribution is 8.76.